The lowest BCUT2D eigenvalue weighted by Gasteiger charge is -2.31. The Balaban J connectivity index is 2.13. The lowest BCUT2D eigenvalue weighted by molar-refractivity contribution is 0.278. The Morgan fingerprint density at radius 1 is 1.35 bits per heavy atom. The molecule has 0 aliphatic heterocycles. The van der Waals surface area contributed by atoms with Gasteiger partial charge in [0.25, 0.3) is 0 Å². The summed E-state index contributed by atoms with van der Waals surface area (Å²) in [5.41, 5.74) is 1.21. The van der Waals surface area contributed by atoms with Crippen molar-refractivity contribution in [1.29, 1.82) is 0 Å². The van der Waals surface area contributed by atoms with Crippen molar-refractivity contribution >= 4 is 0 Å². The maximum Gasteiger partial charge on any atom is 0.0447 e. The van der Waals surface area contributed by atoms with E-state index in [2.05, 4.69) is 43.3 Å². The maximum atomic E-state index is 4.50. The third kappa shape index (κ3) is 2.68. The number of nitrogens with one attached hydrogen (secondary N) is 1. The first kappa shape index (κ1) is 12.6. The third-order valence-corrected chi connectivity index (χ3v) is 4.42. The van der Waals surface area contributed by atoms with Gasteiger partial charge in [0.1, 0.15) is 0 Å². The molecule has 4 unspecified atom stereocenters. The molecule has 1 saturated carbocycles. The zero-order valence-corrected chi connectivity index (χ0v) is 11.2. The smallest absolute Gasteiger partial charge is 0.0447 e. The van der Waals surface area contributed by atoms with E-state index >= 15 is 0 Å². The molecule has 1 aliphatic carbocycles. The molecule has 0 bridgehead atoms. The van der Waals surface area contributed by atoms with Gasteiger partial charge in [0, 0.05) is 23.9 Å². The van der Waals surface area contributed by atoms with Crippen LogP contribution >= 0.6 is 0 Å². The van der Waals surface area contributed by atoms with Crippen LogP contribution < -0.4 is 5.32 Å². The second kappa shape index (κ2) is 5.63. The summed E-state index contributed by atoms with van der Waals surface area (Å²) in [5.74, 6) is 2.14. The molecular formula is C15H24N2. The van der Waals surface area contributed by atoms with Crippen molar-refractivity contribution in [1.82, 2.24) is 10.3 Å². The van der Waals surface area contributed by atoms with Gasteiger partial charge >= 0.3 is 0 Å². The van der Waals surface area contributed by atoms with Crippen LogP contribution in [0.4, 0.5) is 0 Å². The first-order chi connectivity index (χ1) is 8.24. The molecule has 17 heavy (non-hydrogen) atoms. The first-order valence-electron chi connectivity index (χ1n) is 6.82. The van der Waals surface area contributed by atoms with Crippen molar-refractivity contribution in [2.75, 3.05) is 7.05 Å². The normalized spacial score (nSPS) is 27.9. The van der Waals surface area contributed by atoms with Crippen molar-refractivity contribution in [2.24, 2.45) is 11.8 Å². The molecule has 0 amide bonds. The highest BCUT2D eigenvalue weighted by Gasteiger charge is 2.33. The van der Waals surface area contributed by atoms with Crippen LogP contribution in [0.5, 0.6) is 0 Å². The molecule has 2 nitrogen and oxygen atoms in total. The molecule has 1 fully saturated rings. The number of rotatable bonds is 4. The Morgan fingerprint density at radius 3 is 2.71 bits per heavy atom. The van der Waals surface area contributed by atoms with Crippen LogP contribution in [0.3, 0.4) is 0 Å². The van der Waals surface area contributed by atoms with Crippen molar-refractivity contribution < 1.29 is 0 Å². The molecule has 0 aromatic carbocycles. The molecule has 4 atom stereocenters. The summed E-state index contributed by atoms with van der Waals surface area (Å²) in [6, 6.07) is 6.78. The van der Waals surface area contributed by atoms with E-state index in [4.69, 9.17) is 0 Å². The fourth-order valence-electron chi connectivity index (χ4n) is 3.37. The summed E-state index contributed by atoms with van der Waals surface area (Å²) in [7, 11) is 2.09. The minimum atomic E-state index is 0.492. The van der Waals surface area contributed by atoms with Gasteiger partial charge in [-0.2, -0.15) is 0 Å². The highest BCUT2D eigenvalue weighted by Crippen LogP contribution is 2.37. The van der Waals surface area contributed by atoms with E-state index in [0.717, 1.165) is 11.8 Å². The third-order valence-electron chi connectivity index (χ3n) is 4.42. The van der Waals surface area contributed by atoms with Gasteiger partial charge in [-0.1, -0.05) is 32.8 Å². The van der Waals surface area contributed by atoms with Gasteiger partial charge < -0.3 is 5.32 Å². The van der Waals surface area contributed by atoms with E-state index < -0.39 is 0 Å². The Morgan fingerprint density at radius 2 is 2.18 bits per heavy atom. The largest absolute Gasteiger partial charge is 0.316 e. The highest BCUT2D eigenvalue weighted by molar-refractivity contribution is 5.12. The zero-order chi connectivity index (χ0) is 12.3. The number of hydrogen-bond acceptors (Lipinski definition) is 2. The summed E-state index contributed by atoms with van der Waals surface area (Å²) in [6.45, 7) is 4.70. The van der Waals surface area contributed by atoms with Crippen LogP contribution in [0.1, 0.15) is 44.7 Å². The fraction of sp³-hybridized carbons (Fsp3) is 0.667. The summed E-state index contributed by atoms with van der Waals surface area (Å²) < 4.78 is 0. The number of pyridine rings is 1. The SMILES string of the molecule is CNC(C(C)c1ccccn1)C1CCCC1C. The lowest BCUT2D eigenvalue weighted by Crippen LogP contribution is -2.39. The molecule has 1 heterocycles. The Kier molecular flexibility index (Phi) is 4.16. The van der Waals surface area contributed by atoms with E-state index in [0.29, 0.717) is 12.0 Å². The average Bonchev–Trinajstić information content (AvgIpc) is 2.78. The predicted molar refractivity (Wildman–Crippen MR) is 72.0 cm³/mol. The summed E-state index contributed by atoms with van der Waals surface area (Å²) in [5, 5.41) is 3.53. The van der Waals surface area contributed by atoms with E-state index in [9.17, 15) is 0 Å². The average molecular weight is 232 g/mol. The second-order valence-electron chi connectivity index (χ2n) is 5.43. The van der Waals surface area contributed by atoms with Gasteiger partial charge in [-0.15, -0.1) is 0 Å². The Hall–Kier alpha value is -0.890. The lowest BCUT2D eigenvalue weighted by atomic mass is 9.82. The quantitative estimate of drug-likeness (QED) is 0.862. The Labute approximate surface area is 105 Å². The number of aromatic nitrogens is 1. The Bertz CT molecular complexity index is 336. The molecule has 1 N–H and O–H groups in total. The molecule has 0 radical (unpaired) electrons. The topological polar surface area (TPSA) is 24.9 Å². The van der Waals surface area contributed by atoms with Crippen LogP contribution in [-0.2, 0) is 0 Å². The highest BCUT2D eigenvalue weighted by atomic mass is 14.9. The maximum absolute atomic E-state index is 4.50. The second-order valence-corrected chi connectivity index (χ2v) is 5.43. The van der Waals surface area contributed by atoms with Crippen molar-refractivity contribution in [3.8, 4) is 0 Å². The molecule has 2 rings (SSSR count). The minimum absolute atomic E-state index is 0.492. The van der Waals surface area contributed by atoms with E-state index in [-0.39, 0.29) is 0 Å². The van der Waals surface area contributed by atoms with Gasteiger partial charge in [0.05, 0.1) is 0 Å². The molecule has 2 heteroatoms. The van der Waals surface area contributed by atoms with Crippen molar-refractivity contribution in [2.45, 2.75) is 45.1 Å². The molecule has 0 saturated heterocycles. The van der Waals surface area contributed by atoms with Crippen LogP contribution in [-0.4, -0.2) is 18.1 Å². The van der Waals surface area contributed by atoms with Crippen LogP contribution in [0.25, 0.3) is 0 Å². The number of hydrogen-bond donors (Lipinski definition) is 1. The first-order valence-corrected chi connectivity index (χ1v) is 6.82. The molecule has 1 aliphatic rings. The molecule has 1 aromatic rings. The molecular weight excluding hydrogens is 208 g/mol. The number of nitrogens with zero attached hydrogens (tertiary/aromatic N) is 1. The molecule has 1 aromatic heterocycles. The zero-order valence-electron chi connectivity index (χ0n) is 11.2. The van der Waals surface area contributed by atoms with Gasteiger partial charge in [-0.3, -0.25) is 4.98 Å². The van der Waals surface area contributed by atoms with Gasteiger partial charge in [0.2, 0.25) is 0 Å². The van der Waals surface area contributed by atoms with Crippen molar-refractivity contribution in [3.63, 3.8) is 0 Å². The van der Waals surface area contributed by atoms with Crippen LogP contribution in [0.2, 0.25) is 0 Å². The van der Waals surface area contributed by atoms with E-state index in [1.165, 1.54) is 25.0 Å². The minimum Gasteiger partial charge on any atom is -0.316 e. The molecule has 94 valence electrons. The van der Waals surface area contributed by atoms with Gasteiger partial charge in [-0.05, 0) is 37.4 Å². The summed E-state index contributed by atoms with van der Waals surface area (Å²) in [6.07, 6.45) is 6.04. The number of likely N-dealkylation sites (N-methyl/N-ethyl adjacent to an activating group) is 1. The van der Waals surface area contributed by atoms with E-state index in [1.807, 2.05) is 12.3 Å². The fourth-order valence-corrected chi connectivity index (χ4v) is 3.37. The monoisotopic (exact) mass is 232 g/mol. The predicted octanol–water partition coefficient (Wildman–Crippen LogP) is 3.21. The summed E-state index contributed by atoms with van der Waals surface area (Å²) >= 11 is 0. The molecule has 0 spiro atoms. The summed E-state index contributed by atoms with van der Waals surface area (Å²) in [4.78, 5) is 4.50. The van der Waals surface area contributed by atoms with Gasteiger partial charge in [-0.25, -0.2) is 0 Å². The van der Waals surface area contributed by atoms with E-state index in [1.54, 1.807) is 0 Å². The van der Waals surface area contributed by atoms with Crippen molar-refractivity contribution in [3.05, 3.63) is 30.1 Å². The van der Waals surface area contributed by atoms with Crippen LogP contribution in [0, 0.1) is 11.8 Å². The van der Waals surface area contributed by atoms with Gasteiger partial charge in [0.15, 0.2) is 0 Å². The van der Waals surface area contributed by atoms with Crippen LogP contribution in [0.15, 0.2) is 24.4 Å². The standard InChI is InChI=1S/C15H24N2/c1-11-7-6-8-13(11)15(16-3)12(2)14-9-4-5-10-17-14/h4-5,9-13,15-16H,6-8H2,1-3H3.